The first kappa shape index (κ1) is 13.8. The maximum Gasteiger partial charge on any atom is 0.331 e. The normalized spacial score (nSPS) is 11.9. The Morgan fingerprint density at radius 1 is 1.26 bits per heavy atom. The number of aryl methyl sites for hydroxylation is 1. The molecule has 0 aliphatic heterocycles. The van der Waals surface area contributed by atoms with Crippen LogP contribution < -0.4 is 11.2 Å². The average molecular weight is 303 g/mol. The van der Waals surface area contributed by atoms with Gasteiger partial charge >= 0.3 is 5.69 Å². The van der Waals surface area contributed by atoms with Crippen molar-refractivity contribution in [1.82, 2.24) is 9.13 Å². The number of hydrogen-bond acceptors (Lipinski definition) is 4. The molecule has 0 amide bonds. The highest BCUT2D eigenvalue weighted by Gasteiger charge is 2.15. The highest BCUT2D eigenvalue weighted by atomic mass is 35.7. The number of hydrogen-bond donors (Lipinski definition) is 0. The molecule has 0 aliphatic rings. The van der Waals surface area contributed by atoms with Crippen LogP contribution in [0.3, 0.4) is 0 Å². The zero-order valence-corrected chi connectivity index (χ0v) is 11.8. The van der Waals surface area contributed by atoms with Gasteiger partial charge in [0.1, 0.15) is 0 Å². The van der Waals surface area contributed by atoms with Crippen LogP contribution in [0.2, 0.25) is 0 Å². The van der Waals surface area contributed by atoms with E-state index in [1.807, 2.05) is 0 Å². The van der Waals surface area contributed by atoms with Crippen LogP contribution in [0.25, 0.3) is 10.9 Å². The predicted octanol–water partition coefficient (Wildman–Crippen LogP) is 0.648. The van der Waals surface area contributed by atoms with Gasteiger partial charge in [-0.1, -0.05) is 0 Å². The first-order valence-corrected chi connectivity index (χ1v) is 7.76. The lowest BCUT2D eigenvalue weighted by Crippen LogP contribution is -2.38. The fourth-order valence-electron chi connectivity index (χ4n) is 1.93. The van der Waals surface area contributed by atoms with Gasteiger partial charge < -0.3 is 0 Å². The third-order valence-corrected chi connectivity index (χ3v) is 4.27. The Morgan fingerprint density at radius 3 is 2.42 bits per heavy atom. The zero-order valence-electron chi connectivity index (χ0n) is 10.3. The SMILES string of the molecule is CCn1c(=O)c2cc(S(=O)(=O)Cl)ccc2n(C)c1=O. The molecule has 6 nitrogen and oxygen atoms in total. The summed E-state index contributed by atoms with van der Waals surface area (Å²) in [6, 6.07) is 3.85. The van der Waals surface area contributed by atoms with Gasteiger partial charge in [0.05, 0.1) is 15.8 Å². The van der Waals surface area contributed by atoms with Crippen molar-refractivity contribution in [2.75, 3.05) is 0 Å². The lowest BCUT2D eigenvalue weighted by atomic mass is 10.2. The molecule has 0 spiro atoms. The smallest absolute Gasteiger partial charge is 0.296 e. The van der Waals surface area contributed by atoms with E-state index in [1.165, 1.54) is 29.8 Å². The summed E-state index contributed by atoms with van der Waals surface area (Å²) in [5, 5.41) is 0.144. The summed E-state index contributed by atoms with van der Waals surface area (Å²) in [7, 11) is 2.85. The molecule has 2 aromatic rings. The van der Waals surface area contributed by atoms with E-state index in [-0.39, 0.29) is 16.8 Å². The van der Waals surface area contributed by atoms with E-state index in [1.54, 1.807) is 6.92 Å². The van der Waals surface area contributed by atoms with Crippen molar-refractivity contribution in [3.63, 3.8) is 0 Å². The molecule has 0 N–H and O–H groups in total. The van der Waals surface area contributed by atoms with Crippen LogP contribution in [-0.4, -0.2) is 17.6 Å². The highest BCUT2D eigenvalue weighted by molar-refractivity contribution is 8.13. The van der Waals surface area contributed by atoms with E-state index < -0.39 is 20.3 Å². The molecule has 102 valence electrons. The molecule has 0 saturated heterocycles. The van der Waals surface area contributed by atoms with E-state index >= 15 is 0 Å². The maximum atomic E-state index is 12.1. The van der Waals surface area contributed by atoms with Crippen LogP contribution in [-0.2, 0) is 22.6 Å². The lowest BCUT2D eigenvalue weighted by molar-refractivity contribution is 0.609. The third-order valence-electron chi connectivity index (χ3n) is 2.92. The first-order valence-electron chi connectivity index (χ1n) is 5.45. The van der Waals surface area contributed by atoms with Crippen LogP contribution in [0.5, 0.6) is 0 Å². The van der Waals surface area contributed by atoms with Gasteiger partial charge in [-0.15, -0.1) is 0 Å². The topological polar surface area (TPSA) is 78.1 Å². The maximum absolute atomic E-state index is 12.1. The van der Waals surface area contributed by atoms with Gasteiger partial charge in [-0.25, -0.2) is 13.2 Å². The lowest BCUT2D eigenvalue weighted by Gasteiger charge is -2.09. The Hall–Kier alpha value is -1.60. The summed E-state index contributed by atoms with van der Waals surface area (Å²) in [6.07, 6.45) is 0. The number of halogens is 1. The van der Waals surface area contributed by atoms with E-state index in [2.05, 4.69) is 0 Å². The Labute approximate surface area is 113 Å². The molecule has 0 bridgehead atoms. The molecular formula is C11H11ClN2O4S. The number of aromatic nitrogens is 2. The summed E-state index contributed by atoms with van der Waals surface area (Å²) < 4.78 is 24.9. The largest absolute Gasteiger partial charge is 0.331 e. The molecule has 19 heavy (non-hydrogen) atoms. The predicted molar refractivity (Wildman–Crippen MR) is 72.2 cm³/mol. The van der Waals surface area contributed by atoms with Crippen LogP contribution in [0, 0.1) is 0 Å². The third kappa shape index (κ3) is 2.19. The van der Waals surface area contributed by atoms with Crippen molar-refractivity contribution in [2.45, 2.75) is 18.4 Å². The van der Waals surface area contributed by atoms with Crippen molar-refractivity contribution in [3.8, 4) is 0 Å². The van der Waals surface area contributed by atoms with E-state index in [0.29, 0.717) is 5.52 Å². The Morgan fingerprint density at radius 2 is 1.89 bits per heavy atom. The van der Waals surface area contributed by atoms with Gasteiger partial charge in [0.2, 0.25) is 0 Å². The van der Waals surface area contributed by atoms with Crippen molar-refractivity contribution in [1.29, 1.82) is 0 Å². The molecule has 1 heterocycles. The standard InChI is InChI=1S/C11H11ClN2O4S/c1-3-14-10(15)8-6-7(19(12,17)18)4-5-9(8)13(2)11(14)16/h4-6H,3H2,1-2H3. The monoisotopic (exact) mass is 302 g/mol. The average Bonchev–Trinajstić information content (AvgIpc) is 2.35. The first-order chi connectivity index (χ1) is 8.77. The molecule has 0 atom stereocenters. The van der Waals surface area contributed by atoms with Crippen LogP contribution in [0.1, 0.15) is 6.92 Å². The number of nitrogens with zero attached hydrogens (tertiary/aromatic N) is 2. The molecule has 8 heteroatoms. The van der Waals surface area contributed by atoms with E-state index in [0.717, 1.165) is 4.57 Å². The van der Waals surface area contributed by atoms with Crippen molar-refractivity contribution >= 4 is 30.6 Å². The van der Waals surface area contributed by atoms with Gasteiger partial charge in [-0.3, -0.25) is 13.9 Å². The second-order valence-electron chi connectivity index (χ2n) is 4.01. The van der Waals surface area contributed by atoms with Crippen molar-refractivity contribution in [3.05, 3.63) is 39.0 Å². The second-order valence-corrected chi connectivity index (χ2v) is 6.57. The highest BCUT2D eigenvalue weighted by Crippen LogP contribution is 2.18. The van der Waals surface area contributed by atoms with Gasteiger partial charge in [0.25, 0.3) is 14.6 Å². The summed E-state index contributed by atoms with van der Waals surface area (Å²) in [5.74, 6) is 0. The second kappa shape index (κ2) is 4.50. The Balaban J connectivity index is 3.03. The summed E-state index contributed by atoms with van der Waals surface area (Å²) in [6.45, 7) is 1.87. The molecule has 0 radical (unpaired) electrons. The molecule has 0 unspecified atom stereocenters. The fourth-order valence-corrected chi connectivity index (χ4v) is 2.70. The minimum atomic E-state index is -3.92. The van der Waals surface area contributed by atoms with Crippen LogP contribution >= 0.6 is 10.7 Å². The minimum absolute atomic E-state index is 0.144. The molecule has 2 rings (SSSR count). The molecule has 0 aliphatic carbocycles. The van der Waals surface area contributed by atoms with Crippen LogP contribution in [0.4, 0.5) is 0 Å². The molecule has 0 saturated carbocycles. The summed E-state index contributed by atoms with van der Waals surface area (Å²) in [4.78, 5) is 23.9. The van der Waals surface area contributed by atoms with Gasteiger partial charge in [-0.05, 0) is 25.1 Å². The zero-order chi connectivity index (χ0) is 14.4. The fraction of sp³-hybridized carbons (Fsp3) is 0.273. The van der Waals surface area contributed by atoms with E-state index in [9.17, 15) is 18.0 Å². The quantitative estimate of drug-likeness (QED) is 0.763. The molecule has 1 aromatic carbocycles. The number of benzene rings is 1. The van der Waals surface area contributed by atoms with Crippen molar-refractivity contribution < 1.29 is 8.42 Å². The molecule has 0 fully saturated rings. The molecule has 1 aromatic heterocycles. The van der Waals surface area contributed by atoms with Gasteiger partial charge in [0, 0.05) is 24.3 Å². The molecular weight excluding hydrogens is 292 g/mol. The Kier molecular flexibility index (Phi) is 3.27. The summed E-state index contributed by atoms with van der Waals surface area (Å²) >= 11 is 0. The van der Waals surface area contributed by atoms with Crippen molar-refractivity contribution in [2.24, 2.45) is 7.05 Å². The minimum Gasteiger partial charge on any atom is -0.296 e. The van der Waals surface area contributed by atoms with Gasteiger partial charge in [-0.2, -0.15) is 0 Å². The van der Waals surface area contributed by atoms with Crippen LogP contribution in [0.15, 0.2) is 32.7 Å². The number of fused-ring (bicyclic) bond motifs is 1. The van der Waals surface area contributed by atoms with E-state index in [4.69, 9.17) is 10.7 Å². The summed E-state index contributed by atoms with van der Waals surface area (Å²) in [5.41, 5.74) is -0.604. The Bertz CT molecular complexity index is 880. The number of rotatable bonds is 2. The van der Waals surface area contributed by atoms with Gasteiger partial charge in [0.15, 0.2) is 0 Å².